The molecule has 0 spiro atoms. The Bertz CT molecular complexity index is 4350. The summed E-state index contributed by atoms with van der Waals surface area (Å²) in [6.45, 7) is -0.312. The number of aliphatic hydroxyl groups excluding tert-OH is 1. The van der Waals surface area contributed by atoms with Gasteiger partial charge in [-0.05, 0) is 57.3 Å². The van der Waals surface area contributed by atoms with Crippen molar-refractivity contribution in [3.8, 4) is 0 Å². The van der Waals surface area contributed by atoms with Crippen LogP contribution in [0.5, 0.6) is 0 Å². The molecule has 6 unspecified atom stereocenters. The first-order chi connectivity index (χ1) is 56.5. The molecule has 8 aromatic rings. The number of nitrogens with one attached hydrogen (secondary N) is 6. The Labute approximate surface area is 671 Å². The van der Waals surface area contributed by atoms with Crippen LogP contribution in [0.4, 0.5) is 24.0 Å². The minimum absolute atomic E-state index is 0.0601. The van der Waals surface area contributed by atoms with Gasteiger partial charge in [-0.1, -0.05) is 243 Å². The normalized spacial score (nSPS) is 22.4. The maximum absolute atomic E-state index is 16.1. The monoisotopic (exact) mass is 1590 g/mol. The van der Waals surface area contributed by atoms with Gasteiger partial charge in [0.2, 0.25) is 5.91 Å². The topological polar surface area (TPSA) is 358 Å². The number of esters is 2. The van der Waals surface area contributed by atoms with Gasteiger partial charge in [0.05, 0.1) is 44.1 Å². The van der Waals surface area contributed by atoms with Gasteiger partial charge in [-0.2, -0.15) is 0 Å². The van der Waals surface area contributed by atoms with Gasteiger partial charge in [-0.15, -0.1) is 0 Å². The molecule has 0 bridgehead atoms. The van der Waals surface area contributed by atoms with E-state index < -0.39 is 147 Å². The predicted octanol–water partition coefficient (Wildman–Crippen LogP) is 10.2. The number of carbonyl (C=O) groups excluding carboxylic acids is 8. The summed E-state index contributed by atoms with van der Waals surface area (Å²) in [6.07, 6.45) is -23.2. The van der Waals surface area contributed by atoms with Crippen LogP contribution in [-0.2, 0) is 134 Å². The highest BCUT2D eigenvalue weighted by Gasteiger charge is 2.59. The Morgan fingerprint density at radius 3 is 1.18 bits per heavy atom. The fourth-order valence-electron chi connectivity index (χ4n) is 13.3. The summed E-state index contributed by atoms with van der Waals surface area (Å²) in [5.74, 6) is -2.55. The highest BCUT2D eigenvalue weighted by atomic mass is 16.7. The summed E-state index contributed by atoms with van der Waals surface area (Å²) in [6, 6.07) is 64.9. The Kier molecular flexibility index (Phi) is 32.8. The van der Waals surface area contributed by atoms with Gasteiger partial charge in [-0.3, -0.25) is 14.4 Å². The van der Waals surface area contributed by atoms with Gasteiger partial charge in [0, 0.05) is 33.4 Å². The zero-order valence-electron chi connectivity index (χ0n) is 64.1. The second-order valence-electron chi connectivity index (χ2n) is 27.7. The van der Waals surface area contributed by atoms with Crippen LogP contribution in [0.25, 0.3) is 0 Å². The van der Waals surface area contributed by atoms with Crippen LogP contribution >= 0.6 is 0 Å². The van der Waals surface area contributed by atoms with E-state index in [9.17, 15) is 33.9 Å². The quantitative estimate of drug-likeness (QED) is 0.0142. The number of benzene rings is 8. The van der Waals surface area contributed by atoms with Crippen molar-refractivity contribution in [2.24, 2.45) is 0 Å². The van der Waals surface area contributed by atoms with E-state index in [1.54, 1.807) is 224 Å². The van der Waals surface area contributed by atoms with Crippen molar-refractivity contribution in [1.82, 2.24) is 31.9 Å². The fourth-order valence-corrected chi connectivity index (χ4v) is 13.3. The molecule has 1 saturated carbocycles. The number of rotatable bonds is 36. The molecule has 2 heterocycles. The molecule has 29 heteroatoms. The lowest BCUT2D eigenvalue weighted by Crippen LogP contribution is -2.75. The molecule has 0 radical (unpaired) electrons. The molecule has 11 rings (SSSR count). The van der Waals surface area contributed by atoms with Crippen LogP contribution in [-0.4, -0.2) is 165 Å². The Morgan fingerprint density at radius 1 is 0.379 bits per heavy atom. The lowest BCUT2D eigenvalue weighted by atomic mass is 9.80. The van der Waals surface area contributed by atoms with Crippen molar-refractivity contribution in [1.29, 1.82) is 0 Å². The van der Waals surface area contributed by atoms with E-state index in [2.05, 4.69) is 31.9 Å². The summed E-state index contributed by atoms with van der Waals surface area (Å²) in [5, 5.41) is 31.4. The van der Waals surface area contributed by atoms with E-state index >= 15 is 9.59 Å². The summed E-state index contributed by atoms with van der Waals surface area (Å²) in [7, 11) is 0. The average Bonchev–Trinajstić information content (AvgIpc) is 0.750. The van der Waals surface area contributed by atoms with Crippen LogP contribution in [0.3, 0.4) is 0 Å². The number of ether oxygens (including phenoxy) is 14. The molecule has 8 aromatic carbocycles. The molecule has 612 valence electrons. The third kappa shape index (κ3) is 26.9. The van der Waals surface area contributed by atoms with E-state index in [1.807, 2.05) is 18.2 Å². The second-order valence-corrected chi connectivity index (χ2v) is 27.7. The summed E-state index contributed by atoms with van der Waals surface area (Å²) >= 11 is 0. The van der Waals surface area contributed by atoms with Gasteiger partial charge in [0.15, 0.2) is 18.7 Å². The molecule has 6 amide bonds. The van der Waals surface area contributed by atoms with Gasteiger partial charge in [-0.25, -0.2) is 24.0 Å². The zero-order valence-corrected chi connectivity index (χ0v) is 64.1. The second kappa shape index (κ2) is 44.8. The lowest BCUT2D eigenvalue weighted by Gasteiger charge is -2.52. The maximum atomic E-state index is 16.1. The van der Waals surface area contributed by atoms with Crippen molar-refractivity contribution < 1.29 is 110 Å². The van der Waals surface area contributed by atoms with E-state index in [-0.39, 0.29) is 85.2 Å². The van der Waals surface area contributed by atoms with E-state index in [1.165, 1.54) is 0 Å². The van der Waals surface area contributed by atoms with Crippen LogP contribution < -0.4 is 31.9 Å². The first-order valence-electron chi connectivity index (χ1n) is 38.2. The maximum Gasteiger partial charge on any atom is 0.407 e. The molecule has 29 nitrogen and oxygen atoms in total. The van der Waals surface area contributed by atoms with E-state index in [4.69, 9.17) is 66.3 Å². The largest absolute Gasteiger partial charge is 0.463 e. The minimum atomic E-state index is -2.19. The Hall–Kier alpha value is -11.8. The SMILES string of the molecule is CC(=O)OCC1O[C@H](O[C@@H]2C(O)C(O[C@H]3O[C@H](CNC(=O)OCc4ccccc4)CCC3NC(=O)OCc3ccccc3)[C@@H](NC(=O)OCc3ccccc3)C(OCc3ccccc3)[C@H]2NC(=O)[C@H](CCNC(=O)OCc2ccccc2)OCc2ccccc2)C(OCc2ccccc2)[C@@H](NC(=O)OCc2ccccc2)[C@@H]1OC(C)=O. The number of alkyl carbamates (subject to hydrolysis) is 5. The zero-order chi connectivity index (χ0) is 81.2. The molecular formula is C87H96N6O23. The standard InChI is InChI=1S/C87H96N6O23/c1-57(94)103-56-70-75(112-58(2)95)71(92-86(101)110-54-65-39-23-9-24-40-65)79(106-50-61-31-15-5-16-32-61)82(114-70)116-77-72(91-80(97)69(104-48-59-27-11-3-12-28-59)45-46-88-83(98)107-51-62-33-17-6-18-34-62)76(105-49-60-29-13-4-14-30-60)73(93-87(102)111-55-66-41-25-10-26-42-66)78(74(77)96)115-81-68(90-85(100)109-53-64-37-21-8-22-38-64)44-43-67(113-81)47-89-84(99)108-52-63-35-19-7-20-36-63/h3-42,67-79,81-82,96H,43-56H2,1-2H3,(H,88,98)(H,89,99)(H,90,100)(H,91,97)(H,92,101)(H,93,102)/t67-,68?,69-,70?,71-,72+,73-,74?,75+,76?,77-,78?,79?,81+,82+/m0/s1. The number of hydrogen-bond donors (Lipinski definition) is 7. The molecule has 2 saturated heterocycles. The molecule has 3 fully saturated rings. The highest BCUT2D eigenvalue weighted by molar-refractivity contribution is 5.81. The van der Waals surface area contributed by atoms with Crippen molar-refractivity contribution in [3.05, 3.63) is 287 Å². The Balaban J connectivity index is 1.04. The lowest BCUT2D eigenvalue weighted by molar-refractivity contribution is -0.330. The number of hydrogen-bond acceptors (Lipinski definition) is 23. The molecule has 1 aliphatic carbocycles. The molecule has 3 aliphatic rings. The Morgan fingerprint density at radius 2 is 0.750 bits per heavy atom. The van der Waals surface area contributed by atoms with Crippen LogP contribution in [0, 0.1) is 0 Å². The van der Waals surface area contributed by atoms with Gasteiger partial charge in [0.1, 0.15) is 88.4 Å². The average molecular weight is 1590 g/mol. The van der Waals surface area contributed by atoms with Crippen LogP contribution in [0.1, 0.15) is 77.6 Å². The van der Waals surface area contributed by atoms with Crippen molar-refractivity contribution in [3.63, 3.8) is 0 Å². The summed E-state index contributed by atoms with van der Waals surface area (Å²) < 4.78 is 89.1. The van der Waals surface area contributed by atoms with Crippen molar-refractivity contribution in [2.45, 2.75) is 178 Å². The third-order valence-corrected chi connectivity index (χ3v) is 19.1. The number of amides is 6. The minimum Gasteiger partial charge on any atom is -0.463 e. The molecule has 15 atom stereocenters. The van der Waals surface area contributed by atoms with E-state index in [0.29, 0.717) is 38.9 Å². The fraction of sp³-hybridized carbons (Fsp3) is 0.356. The van der Waals surface area contributed by atoms with Gasteiger partial charge < -0.3 is 103 Å². The van der Waals surface area contributed by atoms with Gasteiger partial charge >= 0.3 is 42.4 Å². The van der Waals surface area contributed by atoms with E-state index in [0.717, 1.165) is 19.4 Å². The number of carbonyl (C=O) groups is 8. The first kappa shape index (κ1) is 85.1. The van der Waals surface area contributed by atoms with Crippen LogP contribution in [0.15, 0.2) is 243 Å². The third-order valence-electron chi connectivity index (χ3n) is 19.1. The first-order valence-corrected chi connectivity index (χ1v) is 38.2. The van der Waals surface area contributed by atoms with Crippen molar-refractivity contribution >= 4 is 48.3 Å². The smallest absolute Gasteiger partial charge is 0.407 e. The predicted molar refractivity (Wildman–Crippen MR) is 416 cm³/mol. The van der Waals surface area contributed by atoms with Crippen molar-refractivity contribution in [2.75, 3.05) is 19.7 Å². The molecule has 2 aliphatic heterocycles. The number of aliphatic hydroxyl groups is 1. The van der Waals surface area contributed by atoms with Gasteiger partial charge in [0.25, 0.3) is 0 Å². The molecule has 7 N–H and O–H groups in total. The molecular weight excluding hydrogens is 1500 g/mol. The molecule has 116 heavy (non-hydrogen) atoms. The highest BCUT2D eigenvalue weighted by Crippen LogP contribution is 2.37. The summed E-state index contributed by atoms with van der Waals surface area (Å²) in [5.41, 5.74) is 5.09. The summed E-state index contributed by atoms with van der Waals surface area (Å²) in [4.78, 5) is 113. The molecule has 0 aromatic heterocycles. The van der Waals surface area contributed by atoms with Crippen LogP contribution in [0.2, 0.25) is 0 Å².